The summed E-state index contributed by atoms with van der Waals surface area (Å²) in [5.41, 5.74) is 5.75. The van der Waals surface area contributed by atoms with Crippen molar-refractivity contribution in [2.24, 2.45) is 28.6 Å². The van der Waals surface area contributed by atoms with Crippen LogP contribution in [0.15, 0.2) is 5.16 Å². The Balaban J connectivity index is 2.17. The van der Waals surface area contributed by atoms with Crippen molar-refractivity contribution in [1.82, 2.24) is 4.90 Å². The van der Waals surface area contributed by atoms with E-state index >= 15 is 0 Å². The van der Waals surface area contributed by atoms with Crippen LogP contribution in [-0.4, -0.2) is 34.4 Å². The van der Waals surface area contributed by atoms with Crippen LogP contribution >= 0.6 is 0 Å². The molecule has 5 nitrogen and oxygen atoms in total. The van der Waals surface area contributed by atoms with Gasteiger partial charge in [0.1, 0.15) is 5.92 Å². The molecule has 1 saturated carbocycles. The van der Waals surface area contributed by atoms with Gasteiger partial charge in [-0.1, -0.05) is 31.8 Å². The lowest BCUT2D eigenvalue weighted by Gasteiger charge is -2.45. The highest BCUT2D eigenvalue weighted by Crippen LogP contribution is 2.36. The minimum Gasteiger partial charge on any atom is -0.409 e. The van der Waals surface area contributed by atoms with Gasteiger partial charge in [0.25, 0.3) is 0 Å². The van der Waals surface area contributed by atoms with Crippen molar-refractivity contribution in [2.75, 3.05) is 6.54 Å². The van der Waals surface area contributed by atoms with E-state index in [1.165, 1.54) is 25.7 Å². The Bertz CT molecular complexity index is 379. The van der Waals surface area contributed by atoms with Crippen LogP contribution in [-0.2, 0) is 4.79 Å². The van der Waals surface area contributed by atoms with Gasteiger partial charge in [-0.3, -0.25) is 4.79 Å². The van der Waals surface area contributed by atoms with Gasteiger partial charge in [0.05, 0.1) is 0 Å². The van der Waals surface area contributed by atoms with Crippen molar-refractivity contribution in [3.8, 4) is 0 Å². The molecule has 2 rings (SSSR count). The van der Waals surface area contributed by atoms with Crippen LogP contribution in [0.3, 0.4) is 0 Å². The number of oxime groups is 1. The van der Waals surface area contributed by atoms with Gasteiger partial charge in [-0.25, -0.2) is 0 Å². The minimum absolute atomic E-state index is 0.0439. The van der Waals surface area contributed by atoms with E-state index in [0.717, 1.165) is 19.4 Å². The topological polar surface area (TPSA) is 78.9 Å². The lowest BCUT2D eigenvalue weighted by atomic mass is 9.77. The fourth-order valence-corrected chi connectivity index (χ4v) is 3.89. The van der Waals surface area contributed by atoms with Crippen LogP contribution in [0.1, 0.15) is 52.4 Å². The van der Waals surface area contributed by atoms with E-state index in [4.69, 9.17) is 10.9 Å². The normalized spacial score (nSPS) is 29.1. The third-order valence-corrected chi connectivity index (χ3v) is 4.89. The average Bonchev–Trinajstić information content (AvgIpc) is 2.46. The van der Waals surface area contributed by atoms with Crippen LogP contribution in [0, 0.1) is 17.8 Å². The molecule has 2 aliphatic rings. The first kappa shape index (κ1) is 15.1. The molecule has 0 radical (unpaired) electrons. The van der Waals surface area contributed by atoms with Gasteiger partial charge >= 0.3 is 0 Å². The maximum atomic E-state index is 12.8. The summed E-state index contributed by atoms with van der Waals surface area (Å²) in [4.78, 5) is 14.9. The number of hydrogen-bond donors (Lipinski definition) is 2. The average molecular weight is 281 g/mol. The molecule has 0 bridgehead atoms. The quantitative estimate of drug-likeness (QED) is 0.360. The first-order chi connectivity index (χ1) is 9.56. The summed E-state index contributed by atoms with van der Waals surface area (Å²) < 4.78 is 0. The number of likely N-dealkylation sites (tertiary alicyclic amines) is 1. The Morgan fingerprint density at radius 3 is 2.55 bits per heavy atom. The van der Waals surface area contributed by atoms with Gasteiger partial charge < -0.3 is 15.8 Å². The molecule has 2 fully saturated rings. The van der Waals surface area contributed by atoms with Crippen LogP contribution in [0.2, 0.25) is 0 Å². The number of piperidine rings is 1. The highest BCUT2D eigenvalue weighted by Gasteiger charge is 2.39. The summed E-state index contributed by atoms with van der Waals surface area (Å²) in [6, 6.07) is 0.373. The van der Waals surface area contributed by atoms with Gasteiger partial charge in [0.15, 0.2) is 5.84 Å². The van der Waals surface area contributed by atoms with Crippen molar-refractivity contribution in [3.63, 3.8) is 0 Å². The summed E-state index contributed by atoms with van der Waals surface area (Å²) in [5.74, 6) is 0.291. The molecular formula is C15H27N3O2. The molecule has 0 aromatic carbocycles. The summed E-state index contributed by atoms with van der Waals surface area (Å²) >= 11 is 0. The Morgan fingerprint density at radius 2 is 1.90 bits per heavy atom. The number of nitrogens with zero attached hydrogens (tertiary/aromatic N) is 2. The van der Waals surface area contributed by atoms with Crippen molar-refractivity contribution in [3.05, 3.63) is 0 Å². The second-order valence-electron chi connectivity index (χ2n) is 6.53. The molecule has 0 aromatic rings. The van der Waals surface area contributed by atoms with Crippen molar-refractivity contribution in [1.29, 1.82) is 0 Å². The van der Waals surface area contributed by atoms with Crippen molar-refractivity contribution >= 4 is 11.7 Å². The number of amides is 1. The standard InChI is InChI=1S/C15H27N3O2/c1-10(2)13(14(16)17-20)15(19)18-9-5-7-11-6-3-4-8-12(11)18/h10-13,20H,3-9H2,1-2H3,(H2,16,17). The SMILES string of the molecule is CC(C)C(C(=O)N1CCCC2CCCCC21)C(N)=NO. The predicted octanol–water partition coefficient (Wildman–Crippen LogP) is 2.19. The zero-order chi connectivity index (χ0) is 14.7. The fourth-order valence-electron chi connectivity index (χ4n) is 3.89. The minimum atomic E-state index is -0.499. The Morgan fingerprint density at radius 1 is 1.25 bits per heavy atom. The van der Waals surface area contributed by atoms with Gasteiger partial charge in [0, 0.05) is 12.6 Å². The number of amidine groups is 1. The zero-order valence-corrected chi connectivity index (χ0v) is 12.6. The van der Waals surface area contributed by atoms with E-state index in [9.17, 15) is 4.79 Å². The molecule has 1 aliphatic heterocycles. The summed E-state index contributed by atoms with van der Waals surface area (Å²) in [6.45, 7) is 4.72. The van der Waals surface area contributed by atoms with Crippen LogP contribution < -0.4 is 5.73 Å². The number of hydrogen-bond acceptors (Lipinski definition) is 3. The molecule has 1 saturated heterocycles. The molecular weight excluding hydrogens is 254 g/mol. The molecule has 3 atom stereocenters. The van der Waals surface area contributed by atoms with Gasteiger partial charge in [-0.15, -0.1) is 0 Å². The summed E-state index contributed by atoms with van der Waals surface area (Å²) in [7, 11) is 0. The molecule has 114 valence electrons. The number of nitrogens with two attached hydrogens (primary N) is 1. The summed E-state index contributed by atoms with van der Waals surface area (Å²) in [6.07, 6.45) is 7.16. The largest absolute Gasteiger partial charge is 0.409 e. The van der Waals surface area contributed by atoms with E-state index in [1.807, 2.05) is 18.7 Å². The number of carbonyl (C=O) groups is 1. The highest BCUT2D eigenvalue weighted by atomic mass is 16.4. The third kappa shape index (κ3) is 2.91. The van der Waals surface area contributed by atoms with Crippen LogP contribution in [0.4, 0.5) is 0 Å². The fraction of sp³-hybridized carbons (Fsp3) is 0.867. The Labute approximate surface area is 121 Å². The van der Waals surface area contributed by atoms with E-state index in [-0.39, 0.29) is 17.7 Å². The van der Waals surface area contributed by atoms with E-state index in [1.54, 1.807) is 0 Å². The van der Waals surface area contributed by atoms with Crippen molar-refractivity contribution in [2.45, 2.75) is 58.4 Å². The highest BCUT2D eigenvalue weighted by molar-refractivity contribution is 6.02. The van der Waals surface area contributed by atoms with Crippen LogP contribution in [0.5, 0.6) is 0 Å². The molecule has 1 aliphatic carbocycles. The number of carbonyl (C=O) groups excluding carboxylic acids is 1. The predicted molar refractivity (Wildman–Crippen MR) is 78.4 cm³/mol. The number of rotatable bonds is 3. The molecule has 0 spiro atoms. The molecule has 3 N–H and O–H groups in total. The van der Waals surface area contributed by atoms with Gasteiger partial charge in [-0.2, -0.15) is 0 Å². The van der Waals surface area contributed by atoms with Gasteiger partial charge in [0.2, 0.25) is 5.91 Å². The monoisotopic (exact) mass is 281 g/mol. The second kappa shape index (κ2) is 6.46. The molecule has 5 heteroatoms. The van der Waals surface area contributed by atoms with Crippen LogP contribution in [0.25, 0.3) is 0 Å². The molecule has 0 aromatic heterocycles. The lowest BCUT2D eigenvalue weighted by molar-refractivity contribution is -0.141. The molecule has 3 unspecified atom stereocenters. The van der Waals surface area contributed by atoms with Crippen molar-refractivity contribution < 1.29 is 10.0 Å². The maximum absolute atomic E-state index is 12.8. The van der Waals surface area contributed by atoms with E-state index in [2.05, 4.69) is 5.16 Å². The summed E-state index contributed by atoms with van der Waals surface area (Å²) in [5, 5.41) is 12.0. The Hall–Kier alpha value is -1.26. The molecule has 20 heavy (non-hydrogen) atoms. The smallest absolute Gasteiger partial charge is 0.233 e. The first-order valence-corrected chi connectivity index (χ1v) is 7.84. The second-order valence-corrected chi connectivity index (χ2v) is 6.53. The molecule has 1 heterocycles. The van der Waals surface area contributed by atoms with E-state index in [0.29, 0.717) is 12.0 Å². The Kier molecular flexibility index (Phi) is 4.89. The lowest BCUT2D eigenvalue weighted by Crippen LogP contribution is -2.54. The maximum Gasteiger partial charge on any atom is 0.233 e. The third-order valence-electron chi connectivity index (χ3n) is 4.89. The zero-order valence-electron chi connectivity index (χ0n) is 12.6. The van der Waals surface area contributed by atoms with Gasteiger partial charge in [-0.05, 0) is 37.5 Å². The first-order valence-electron chi connectivity index (χ1n) is 7.84. The van der Waals surface area contributed by atoms with E-state index < -0.39 is 5.92 Å². The molecule has 1 amide bonds. The number of fused-ring (bicyclic) bond motifs is 1.